The Kier molecular flexibility index (Phi) is 4.06. The van der Waals surface area contributed by atoms with Gasteiger partial charge in [0.15, 0.2) is 0 Å². The smallest absolute Gasteiger partial charge is 0.326 e. The predicted molar refractivity (Wildman–Crippen MR) is 67.3 cm³/mol. The Labute approximate surface area is 106 Å². The van der Waals surface area contributed by atoms with Crippen molar-refractivity contribution in [1.82, 2.24) is 10.3 Å². The van der Waals surface area contributed by atoms with Crippen molar-refractivity contribution in [3.05, 3.63) is 29.6 Å². The monoisotopic (exact) mass is 250 g/mol. The lowest BCUT2D eigenvalue weighted by molar-refractivity contribution is -0.142. The molecule has 1 rings (SSSR count). The summed E-state index contributed by atoms with van der Waals surface area (Å²) < 4.78 is 0. The summed E-state index contributed by atoms with van der Waals surface area (Å²) in [5.41, 5.74) is 0.415. The molecule has 0 saturated heterocycles. The molecule has 0 unspecified atom stereocenters. The highest BCUT2D eigenvalue weighted by Crippen LogP contribution is 2.20. The molecule has 1 amide bonds. The highest BCUT2D eigenvalue weighted by atomic mass is 16.4. The summed E-state index contributed by atoms with van der Waals surface area (Å²) in [6.07, 6.45) is 1.59. The van der Waals surface area contributed by atoms with Crippen LogP contribution < -0.4 is 5.32 Å². The van der Waals surface area contributed by atoms with Gasteiger partial charge < -0.3 is 10.4 Å². The molecule has 0 spiro atoms. The van der Waals surface area contributed by atoms with E-state index in [-0.39, 0.29) is 0 Å². The standard InChI is InChI=1S/C13H18N2O3/c1-8-9(6-5-7-14-8)11(16)15-10(12(17)18)13(2,3)4/h5-7,10H,1-4H3,(H,15,16)(H,17,18)/t10-/m0/s1. The van der Waals surface area contributed by atoms with Crippen LogP contribution in [0.4, 0.5) is 0 Å². The number of nitrogens with one attached hydrogen (secondary N) is 1. The zero-order valence-electron chi connectivity index (χ0n) is 11.0. The number of amides is 1. The second kappa shape index (κ2) is 5.16. The summed E-state index contributed by atoms with van der Waals surface area (Å²) in [5, 5.41) is 11.7. The molecule has 1 aromatic rings. The molecule has 0 aromatic carbocycles. The Morgan fingerprint density at radius 1 is 1.39 bits per heavy atom. The van der Waals surface area contributed by atoms with Gasteiger partial charge in [-0.25, -0.2) is 4.79 Å². The first kappa shape index (κ1) is 14.2. The fourth-order valence-corrected chi connectivity index (χ4v) is 1.58. The van der Waals surface area contributed by atoms with Crippen LogP contribution in [0.3, 0.4) is 0 Å². The first-order chi connectivity index (χ1) is 8.23. The third kappa shape index (κ3) is 3.29. The van der Waals surface area contributed by atoms with Gasteiger partial charge in [0.05, 0.1) is 5.56 Å². The van der Waals surface area contributed by atoms with Crippen molar-refractivity contribution in [1.29, 1.82) is 0 Å². The highest BCUT2D eigenvalue weighted by Gasteiger charge is 2.33. The van der Waals surface area contributed by atoms with Crippen LogP contribution in [0.5, 0.6) is 0 Å². The Balaban J connectivity index is 2.93. The molecular formula is C13H18N2O3. The van der Waals surface area contributed by atoms with Crippen LogP contribution in [0.25, 0.3) is 0 Å². The van der Waals surface area contributed by atoms with Gasteiger partial charge in [-0.1, -0.05) is 20.8 Å². The Morgan fingerprint density at radius 3 is 2.44 bits per heavy atom. The van der Waals surface area contributed by atoms with Crippen molar-refractivity contribution in [3.63, 3.8) is 0 Å². The summed E-state index contributed by atoms with van der Waals surface area (Å²) in [7, 11) is 0. The van der Waals surface area contributed by atoms with Crippen molar-refractivity contribution in [3.8, 4) is 0 Å². The molecule has 0 saturated carbocycles. The van der Waals surface area contributed by atoms with Gasteiger partial charge >= 0.3 is 5.97 Å². The number of aromatic nitrogens is 1. The zero-order valence-corrected chi connectivity index (χ0v) is 11.0. The summed E-state index contributed by atoms with van der Waals surface area (Å²) in [6.45, 7) is 7.01. The normalized spacial score (nSPS) is 12.9. The number of rotatable bonds is 3. The topological polar surface area (TPSA) is 79.3 Å². The van der Waals surface area contributed by atoms with Crippen molar-refractivity contribution in [2.45, 2.75) is 33.7 Å². The summed E-state index contributed by atoms with van der Waals surface area (Å²) in [6, 6.07) is 2.33. The van der Waals surface area contributed by atoms with Gasteiger partial charge in [-0.05, 0) is 24.5 Å². The maximum absolute atomic E-state index is 12.0. The van der Waals surface area contributed by atoms with Crippen LogP contribution >= 0.6 is 0 Å². The van der Waals surface area contributed by atoms with Crippen molar-refractivity contribution in [2.75, 3.05) is 0 Å². The maximum atomic E-state index is 12.0. The lowest BCUT2D eigenvalue weighted by Gasteiger charge is -2.27. The third-order valence-electron chi connectivity index (χ3n) is 2.64. The Morgan fingerprint density at radius 2 is 2.00 bits per heavy atom. The second-order valence-electron chi connectivity index (χ2n) is 5.25. The van der Waals surface area contributed by atoms with E-state index in [1.165, 1.54) is 0 Å². The van der Waals surface area contributed by atoms with Gasteiger partial charge in [0.25, 0.3) is 5.91 Å². The summed E-state index contributed by atoms with van der Waals surface area (Å²) in [4.78, 5) is 27.2. The lowest BCUT2D eigenvalue weighted by Crippen LogP contribution is -2.49. The van der Waals surface area contributed by atoms with Gasteiger partial charge in [0.2, 0.25) is 0 Å². The Bertz CT molecular complexity index is 464. The minimum absolute atomic E-state index is 0.396. The number of pyridine rings is 1. The van der Waals surface area contributed by atoms with Crippen LogP contribution in [-0.4, -0.2) is 28.0 Å². The number of carboxylic acid groups (broad SMARTS) is 1. The van der Waals surface area contributed by atoms with Crippen LogP contribution in [0.2, 0.25) is 0 Å². The molecule has 0 aliphatic carbocycles. The number of carbonyl (C=O) groups is 2. The Hall–Kier alpha value is -1.91. The molecule has 0 fully saturated rings. The van der Waals surface area contributed by atoms with E-state index in [0.29, 0.717) is 11.3 Å². The number of nitrogens with zero attached hydrogens (tertiary/aromatic N) is 1. The molecule has 18 heavy (non-hydrogen) atoms. The van der Waals surface area contributed by atoms with Crippen LogP contribution in [0.15, 0.2) is 18.3 Å². The van der Waals surface area contributed by atoms with Crippen molar-refractivity contribution in [2.24, 2.45) is 5.41 Å². The van der Waals surface area contributed by atoms with E-state index in [1.54, 1.807) is 46.0 Å². The van der Waals surface area contributed by atoms with E-state index in [9.17, 15) is 9.59 Å². The molecule has 5 nitrogen and oxygen atoms in total. The predicted octanol–water partition coefficient (Wildman–Crippen LogP) is 1.62. The van der Waals surface area contributed by atoms with Crippen LogP contribution in [0, 0.1) is 12.3 Å². The second-order valence-corrected chi connectivity index (χ2v) is 5.25. The molecule has 0 radical (unpaired) electrons. The van der Waals surface area contributed by atoms with Crippen molar-refractivity contribution < 1.29 is 14.7 Å². The minimum Gasteiger partial charge on any atom is -0.480 e. The fourth-order valence-electron chi connectivity index (χ4n) is 1.58. The molecule has 0 aliphatic heterocycles. The average Bonchev–Trinajstić information content (AvgIpc) is 2.24. The third-order valence-corrected chi connectivity index (χ3v) is 2.64. The number of carbonyl (C=O) groups excluding carboxylic acids is 1. The van der Waals surface area contributed by atoms with E-state index >= 15 is 0 Å². The first-order valence-corrected chi connectivity index (χ1v) is 5.69. The minimum atomic E-state index is -1.04. The van der Waals surface area contributed by atoms with Crippen molar-refractivity contribution >= 4 is 11.9 Å². The van der Waals surface area contributed by atoms with Gasteiger partial charge in [-0.3, -0.25) is 9.78 Å². The van der Waals surface area contributed by atoms with E-state index < -0.39 is 23.3 Å². The number of aryl methyl sites for hydroxylation is 1. The van der Waals surface area contributed by atoms with Gasteiger partial charge in [-0.15, -0.1) is 0 Å². The maximum Gasteiger partial charge on any atom is 0.326 e. The molecule has 2 N–H and O–H groups in total. The highest BCUT2D eigenvalue weighted by molar-refractivity contribution is 5.97. The average molecular weight is 250 g/mol. The van der Waals surface area contributed by atoms with E-state index in [4.69, 9.17) is 5.11 Å². The van der Waals surface area contributed by atoms with Gasteiger partial charge in [-0.2, -0.15) is 0 Å². The first-order valence-electron chi connectivity index (χ1n) is 5.69. The van der Waals surface area contributed by atoms with Crippen LogP contribution in [0.1, 0.15) is 36.8 Å². The quantitative estimate of drug-likeness (QED) is 0.854. The molecule has 1 aromatic heterocycles. The number of aliphatic carboxylic acids is 1. The molecule has 0 aliphatic rings. The van der Waals surface area contributed by atoms with Crippen LogP contribution in [-0.2, 0) is 4.79 Å². The fraction of sp³-hybridized carbons (Fsp3) is 0.462. The SMILES string of the molecule is Cc1ncccc1C(=O)N[C@@H](C(=O)O)C(C)(C)C. The van der Waals surface area contributed by atoms with Gasteiger partial charge in [0, 0.05) is 11.9 Å². The molecule has 1 heterocycles. The number of carboxylic acids is 1. The summed E-state index contributed by atoms with van der Waals surface area (Å²) >= 11 is 0. The largest absolute Gasteiger partial charge is 0.480 e. The number of hydrogen-bond acceptors (Lipinski definition) is 3. The van der Waals surface area contributed by atoms with E-state index in [1.807, 2.05) is 0 Å². The van der Waals surface area contributed by atoms with E-state index in [0.717, 1.165) is 0 Å². The molecular weight excluding hydrogens is 232 g/mol. The molecule has 0 bridgehead atoms. The van der Waals surface area contributed by atoms with Gasteiger partial charge in [0.1, 0.15) is 6.04 Å². The number of hydrogen-bond donors (Lipinski definition) is 2. The molecule has 5 heteroatoms. The zero-order chi connectivity index (χ0) is 13.9. The lowest BCUT2D eigenvalue weighted by atomic mass is 9.86. The molecule has 1 atom stereocenters. The summed E-state index contributed by atoms with van der Waals surface area (Å²) in [5.74, 6) is -1.46. The van der Waals surface area contributed by atoms with E-state index in [2.05, 4.69) is 10.3 Å². The molecule has 98 valence electrons.